The minimum absolute atomic E-state index is 0.151. The van der Waals surface area contributed by atoms with Crippen LogP contribution >= 0.6 is 0 Å². The standard InChI is InChI=1S/C19H25NO/c1-5-13-21-18-12-7-6-10-17(18)19(20-4)16-11-8-9-14(2)15(16)3/h6-12,19-20H,5,13H2,1-4H3. The van der Waals surface area contributed by atoms with E-state index in [1.807, 2.05) is 13.1 Å². The predicted molar refractivity (Wildman–Crippen MR) is 89.0 cm³/mol. The fourth-order valence-corrected chi connectivity index (χ4v) is 2.63. The molecular formula is C19H25NO. The Morgan fingerprint density at radius 1 is 1.00 bits per heavy atom. The monoisotopic (exact) mass is 283 g/mol. The molecule has 0 aliphatic carbocycles. The third-order valence-corrected chi connectivity index (χ3v) is 3.94. The molecular weight excluding hydrogens is 258 g/mol. The lowest BCUT2D eigenvalue weighted by Crippen LogP contribution is -2.20. The fourth-order valence-electron chi connectivity index (χ4n) is 2.63. The van der Waals surface area contributed by atoms with Gasteiger partial charge in [0.1, 0.15) is 5.75 Å². The van der Waals surface area contributed by atoms with E-state index in [0.29, 0.717) is 0 Å². The molecule has 112 valence electrons. The van der Waals surface area contributed by atoms with Crippen molar-refractivity contribution in [2.75, 3.05) is 13.7 Å². The molecule has 2 rings (SSSR count). The summed E-state index contributed by atoms with van der Waals surface area (Å²) >= 11 is 0. The normalized spacial score (nSPS) is 12.2. The number of aryl methyl sites for hydroxylation is 1. The zero-order chi connectivity index (χ0) is 15.2. The molecule has 2 aromatic rings. The van der Waals surface area contributed by atoms with Crippen LogP contribution in [0.15, 0.2) is 42.5 Å². The van der Waals surface area contributed by atoms with Crippen LogP contribution in [0.1, 0.15) is 41.6 Å². The Balaban J connectivity index is 2.44. The molecule has 0 aromatic heterocycles. The van der Waals surface area contributed by atoms with Gasteiger partial charge < -0.3 is 10.1 Å². The Kier molecular flexibility index (Phi) is 5.40. The number of benzene rings is 2. The molecule has 1 atom stereocenters. The van der Waals surface area contributed by atoms with E-state index in [9.17, 15) is 0 Å². The van der Waals surface area contributed by atoms with Gasteiger partial charge in [-0.1, -0.05) is 43.3 Å². The summed E-state index contributed by atoms with van der Waals surface area (Å²) < 4.78 is 5.92. The SMILES string of the molecule is CCCOc1ccccc1C(NC)c1cccc(C)c1C. The van der Waals surface area contributed by atoms with Crippen LogP contribution in [0.3, 0.4) is 0 Å². The largest absolute Gasteiger partial charge is 0.493 e. The highest BCUT2D eigenvalue weighted by molar-refractivity contribution is 5.45. The first-order valence-electron chi connectivity index (χ1n) is 7.64. The van der Waals surface area contributed by atoms with Crippen molar-refractivity contribution >= 4 is 0 Å². The minimum atomic E-state index is 0.151. The van der Waals surface area contributed by atoms with Crippen LogP contribution in [0.2, 0.25) is 0 Å². The first kappa shape index (κ1) is 15.6. The quantitative estimate of drug-likeness (QED) is 0.848. The van der Waals surface area contributed by atoms with E-state index in [2.05, 4.69) is 62.5 Å². The molecule has 0 amide bonds. The maximum atomic E-state index is 5.92. The van der Waals surface area contributed by atoms with E-state index in [-0.39, 0.29) is 6.04 Å². The molecule has 1 N–H and O–H groups in total. The topological polar surface area (TPSA) is 21.3 Å². The number of hydrogen-bond acceptors (Lipinski definition) is 2. The molecule has 2 heteroatoms. The van der Waals surface area contributed by atoms with Crippen LogP contribution in [0.25, 0.3) is 0 Å². The molecule has 0 spiro atoms. The van der Waals surface area contributed by atoms with Crippen LogP contribution in [-0.2, 0) is 0 Å². The lowest BCUT2D eigenvalue weighted by atomic mass is 9.92. The zero-order valence-corrected chi connectivity index (χ0v) is 13.4. The Bertz CT molecular complexity index is 592. The van der Waals surface area contributed by atoms with Crippen molar-refractivity contribution in [3.05, 3.63) is 64.7 Å². The van der Waals surface area contributed by atoms with Gasteiger partial charge in [-0.25, -0.2) is 0 Å². The van der Waals surface area contributed by atoms with E-state index in [4.69, 9.17) is 4.74 Å². The van der Waals surface area contributed by atoms with Crippen molar-refractivity contribution in [2.24, 2.45) is 0 Å². The summed E-state index contributed by atoms with van der Waals surface area (Å²) in [7, 11) is 2.00. The second-order valence-electron chi connectivity index (χ2n) is 5.40. The zero-order valence-electron chi connectivity index (χ0n) is 13.4. The molecule has 0 heterocycles. The van der Waals surface area contributed by atoms with Crippen LogP contribution in [0.5, 0.6) is 5.75 Å². The highest BCUT2D eigenvalue weighted by Crippen LogP contribution is 2.32. The van der Waals surface area contributed by atoms with Gasteiger partial charge in [0.2, 0.25) is 0 Å². The van der Waals surface area contributed by atoms with Crippen LogP contribution in [0, 0.1) is 13.8 Å². The van der Waals surface area contributed by atoms with Gasteiger partial charge in [0.05, 0.1) is 12.6 Å². The molecule has 0 saturated carbocycles. The molecule has 0 aliphatic heterocycles. The number of nitrogens with one attached hydrogen (secondary N) is 1. The van der Waals surface area contributed by atoms with E-state index in [1.54, 1.807) is 0 Å². The van der Waals surface area contributed by atoms with Gasteiger partial charge in [-0.15, -0.1) is 0 Å². The average molecular weight is 283 g/mol. The van der Waals surface area contributed by atoms with E-state index in [0.717, 1.165) is 18.8 Å². The highest BCUT2D eigenvalue weighted by Gasteiger charge is 2.18. The van der Waals surface area contributed by atoms with Crippen LogP contribution in [0.4, 0.5) is 0 Å². The van der Waals surface area contributed by atoms with Crippen LogP contribution < -0.4 is 10.1 Å². The maximum absolute atomic E-state index is 5.92. The number of para-hydroxylation sites is 1. The lowest BCUT2D eigenvalue weighted by molar-refractivity contribution is 0.312. The average Bonchev–Trinajstić information content (AvgIpc) is 2.51. The van der Waals surface area contributed by atoms with Gasteiger partial charge in [-0.3, -0.25) is 0 Å². The van der Waals surface area contributed by atoms with Crippen molar-refractivity contribution < 1.29 is 4.74 Å². The molecule has 0 fully saturated rings. The molecule has 1 unspecified atom stereocenters. The number of rotatable bonds is 6. The summed E-state index contributed by atoms with van der Waals surface area (Å²) in [6.07, 6.45) is 1.02. The summed E-state index contributed by atoms with van der Waals surface area (Å²) in [6, 6.07) is 14.9. The molecule has 0 bridgehead atoms. The Morgan fingerprint density at radius 2 is 1.71 bits per heavy atom. The number of hydrogen-bond donors (Lipinski definition) is 1. The van der Waals surface area contributed by atoms with Crippen molar-refractivity contribution in [3.63, 3.8) is 0 Å². The predicted octanol–water partition coefficient (Wildman–Crippen LogP) is 4.40. The maximum Gasteiger partial charge on any atom is 0.124 e. The first-order chi connectivity index (χ1) is 10.2. The molecule has 0 saturated heterocycles. The van der Waals surface area contributed by atoms with E-state index in [1.165, 1.54) is 22.3 Å². The second-order valence-corrected chi connectivity index (χ2v) is 5.40. The van der Waals surface area contributed by atoms with Crippen LogP contribution in [-0.4, -0.2) is 13.7 Å². The highest BCUT2D eigenvalue weighted by atomic mass is 16.5. The summed E-state index contributed by atoms with van der Waals surface area (Å²) in [5.74, 6) is 0.972. The summed E-state index contributed by atoms with van der Waals surface area (Å²) in [5, 5.41) is 3.44. The summed E-state index contributed by atoms with van der Waals surface area (Å²) in [5.41, 5.74) is 5.16. The van der Waals surface area contributed by atoms with Gasteiger partial charge in [0.15, 0.2) is 0 Å². The van der Waals surface area contributed by atoms with Gasteiger partial charge in [-0.05, 0) is 50.1 Å². The van der Waals surface area contributed by atoms with Crippen molar-refractivity contribution in [1.82, 2.24) is 5.32 Å². The van der Waals surface area contributed by atoms with Gasteiger partial charge in [0.25, 0.3) is 0 Å². The van der Waals surface area contributed by atoms with Gasteiger partial charge in [-0.2, -0.15) is 0 Å². The summed E-state index contributed by atoms with van der Waals surface area (Å²) in [4.78, 5) is 0. The molecule has 0 radical (unpaired) electrons. The smallest absolute Gasteiger partial charge is 0.124 e. The lowest BCUT2D eigenvalue weighted by Gasteiger charge is -2.23. The van der Waals surface area contributed by atoms with E-state index < -0.39 is 0 Å². The van der Waals surface area contributed by atoms with Gasteiger partial charge >= 0.3 is 0 Å². The Morgan fingerprint density at radius 3 is 2.43 bits per heavy atom. The fraction of sp³-hybridized carbons (Fsp3) is 0.368. The van der Waals surface area contributed by atoms with Crippen molar-refractivity contribution in [3.8, 4) is 5.75 Å². The first-order valence-corrected chi connectivity index (χ1v) is 7.64. The third kappa shape index (κ3) is 3.45. The molecule has 21 heavy (non-hydrogen) atoms. The Labute approximate surface area is 128 Å². The second kappa shape index (κ2) is 7.28. The molecule has 2 aromatic carbocycles. The Hall–Kier alpha value is -1.80. The molecule has 2 nitrogen and oxygen atoms in total. The van der Waals surface area contributed by atoms with Crippen molar-refractivity contribution in [2.45, 2.75) is 33.2 Å². The van der Waals surface area contributed by atoms with Gasteiger partial charge in [0, 0.05) is 5.56 Å². The summed E-state index contributed by atoms with van der Waals surface area (Å²) in [6.45, 7) is 7.22. The van der Waals surface area contributed by atoms with Crippen molar-refractivity contribution in [1.29, 1.82) is 0 Å². The minimum Gasteiger partial charge on any atom is -0.493 e. The molecule has 0 aliphatic rings. The number of ether oxygens (including phenoxy) is 1. The third-order valence-electron chi connectivity index (χ3n) is 3.94. The van der Waals surface area contributed by atoms with E-state index >= 15 is 0 Å².